The fourth-order valence-corrected chi connectivity index (χ4v) is 1.93. The summed E-state index contributed by atoms with van der Waals surface area (Å²) in [6, 6.07) is 1.76. The Kier molecular flexibility index (Phi) is 2.98. The van der Waals surface area contributed by atoms with Gasteiger partial charge in [-0.15, -0.1) is 0 Å². The van der Waals surface area contributed by atoms with Gasteiger partial charge in [-0.05, 0) is 13.0 Å². The highest BCUT2D eigenvalue weighted by Gasteiger charge is 2.21. The van der Waals surface area contributed by atoms with E-state index in [9.17, 15) is 5.11 Å². The summed E-state index contributed by atoms with van der Waals surface area (Å²) in [5.41, 5.74) is 1.30. The van der Waals surface area contributed by atoms with E-state index >= 15 is 0 Å². The summed E-state index contributed by atoms with van der Waals surface area (Å²) in [5, 5.41) is 18.8. The third-order valence-corrected chi connectivity index (χ3v) is 2.82. The molecule has 0 aliphatic rings. The minimum atomic E-state index is -0.803. The van der Waals surface area contributed by atoms with Crippen molar-refractivity contribution in [2.24, 2.45) is 7.05 Å². The maximum atomic E-state index is 10.2. The van der Waals surface area contributed by atoms with Gasteiger partial charge in [0.1, 0.15) is 6.10 Å². The smallest absolute Gasteiger partial charge is 0.139 e. The van der Waals surface area contributed by atoms with Crippen molar-refractivity contribution in [2.45, 2.75) is 19.6 Å². The lowest BCUT2D eigenvalue weighted by Gasteiger charge is -2.13. The number of nitrogens with zero attached hydrogens (tertiary/aromatic N) is 4. The first-order valence-corrected chi connectivity index (χ1v) is 5.40. The molecule has 2 rings (SSSR count). The molecule has 0 radical (unpaired) electrons. The molecule has 5 nitrogen and oxygen atoms in total. The van der Waals surface area contributed by atoms with Gasteiger partial charge in [-0.3, -0.25) is 9.36 Å². The monoisotopic (exact) mass is 240 g/mol. The molecule has 0 saturated carbocycles. The molecule has 0 bridgehead atoms. The van der Waals surface area contributed by atoms with Crippen LogP contribution in [0.5, 0.6) is 0 Å². The number of hydrogen-bond donors (Lipinski definition) is 1. The minimum absolute atomic E-state index is 0.468. The van der Waals surface area contributed by atoms with E-state index in [-0.39, 0.29) is 0 Å². The Morgan fingerprint density at radius 1 is 1.50 bits per heavy atom. The first-order valence-electron chi connectivity index (χ1n) is 5.02. The molecule has 6 heteroatoms. The van der Waals surface area contributed by atoms with Gasteiger partial charge in [-0.2, -0.15) is 10.2 Å². The van der Waals surface area contributed by atoms with Crippen molar-refractivity contribution in [3.05, 3.63) is 34.9 Å². The van der Waals surface area contributed by atoms with E-state index in [4.69, 9.17) is 11.6 Å². The van der Waals surface area contributed by atoms with Gasteiger partial charge in [-0.25, -0.2) is 0 Å². The molecule has 0 aromatic carbocycles. The first-order chi connectivity index (χ1) is 7.65. The molecule has 2 aromatic rings. The molecule has 1 N–H and O–H groups in total. The van der Waals surface area contributed by atoms with Crippen molar-refractivity contribution in [1.82, 2.24) is 19.6 Å². The zero-order valence-electron chi connectivity index (χ0n) is 9.13. The fraction of sp³-hybridized carbons (Fsp3) is 0.400. The van der Waals surface area contributed by atoms with Crippen LogP contribution in [0.2, 0.25) is 5.02 Å². The van der Waals surface area contributed by atoms with Crippen molar-refractivity contribution in [1.29, 1.82) is 0 Å². The lowest BCUT2D eigenvalue weighted by molar-refractivity contribution is 0.198. The number of hydrogen-bond acceptors (Lipinski definition) is 3. The third kappa shape index (κ3) is 1.72. The highest BCUT2D eigenvalue weighted by atomic mass is 35.5. The van der Waals surface area contributed by atoms with Gasteiger partial charge in [-0.1, -0.05) is 11.6 Å². The SMILES string of the molecule is CCn1ncc(Cl)c1C(O)c1ccnn1C. The van der Waals surface area contributed by atoms with Gasteiger partial charge >= 0.3 is 0 Å². The van der Waals surface area contributed by atoms with Gasteiger partial charge < -0.3 is 5.11 Å². The molecule has 0 amide bonds. The molecule has 0 aliphatic heterocycles. The van der Waals surface area contributed by atoms with Crippen LogP contribution in [-0.2, 0) is 13.6 Å². The second kappa shape index (κ2) is 4.27. The number of halogens is 1. The van der Waals surface area contributed by atoms with E-state index < -0.39 is 6.10 Å². The van der Waals surface area contributed by atoms with Crippen LogP contribution in [-0.4, -0.2) is 24.7 Å². The molecule has 86 valence electrons. The molecule has 0 saturated heterocycles. The highest BCUT2D eigenvalue weighted by molar-refractivity contribution is 6.31. The van der Waals surface area contributed by atoms with Crippen LogP contribution in [0.4, 0.5) is 0 Å². The summed E-state index contributed by atoms with van der Waals surface area (Å²) in [6.45, 7) is 2.61. The van der Waals surface area contributed by atoms with Gasteiger partial charge in [0.05, 0.1) is 22.6 Å². The molecular weight excluding hydrogens is 228 g/mol. The molecule has 1 atom stereocenters. The highest BCUT2D eigenvalue weighted by Crippen LogP contribution is 2.27. The summed E-state index contributed by atoms with van der Waals surface area (Å²) in [5.74, 6) is 0. The summed E-state index contributed by atoms with van der Waals surface area (Å²) >= 11 is 6.01. The number of rotatable bonds is 3. The lowest BCUT2D eigenvalue weighted by atomic mass is 10.2. The van der Waals surface area contributed by atoms with E-state index in [1.54, 1.807) is 34.9 Å². The zero-order chi connectivity index (χ0) is 11.7. The van der Waals surface area contributed by atoms with Gasteiger partial charge in [0.15, 0.2) is 0 Å². The Morgan fingerprint density at radius 3 is 2.81 bits per heavy atom. The van der Waals surface area contributed by atoms with Crippen LogP contribution in [0, 0.1) is 0 Å². The Morgan fingerprint density at radius 2 is 2.25 bits per heavy atom. The Balaban J connectivity index is 2.44. The molecule has 0 fully saturated rings. The van der Waals surface area contributed by atoms with Crippen LogP contribution in [0.15, 0.2) is 18.5 Å². The van der Waals surface area contributed by atoms with Crippen molar-refractivity contribution in [3.8, 4) is 0 Å². The van der Waals surface area contributed by atoms with Crippen LogP contribution < -0.4 is 0 Å². The Bertz CT molecular complexity index is 491. The van der Waals surface area contributed by atoms with Gasteiger partial charge in [0, 0.05) is 19.8 Å². The van der Waals surface area contributed by atoms with Crippen LogP contribution in [0.3, 0.4) is 0 Å². The van der Waals surface area contributed by atoms with Gasteiger partial charge in [0.25, 0.3) is 0 Å². The van der Waals surface area contributed by atoms with Crippen molar-refractivity contribution < 1.29 is 5.11 Å². The summed E-state index contributed by atoms with van der Waals surface area (Å²) in [6.07, 6.45) is 2.38. The van der Waals surface area contributed by atoms with Crippen molar-refractivity contribution in [3.63, 3.8) is 0 Å². The molecule has 1 unspecified atom stereocenters. The molecule has 2 heterocycles. The average Bonchev–Trinajstić information content (AvgIpc) is 2.83. The largest absolute Gasteiger partial charge is 0.380 e. The Hall–Kier alpha value is -1.33. The molecule has 0 aliphatic carbocycles. The second-order valence-electron chi connectivity index (χ2n) is 3.48. The van der Waals surface area contributed by atoms with Gasteiger partial charge in [0.2, 0.25) is 0 Å². The number of aryl methyl sites for hydroxylation is 2. The minimum Gasteiger partial charge on any atom is -0.380 e. The average molecular weight is 241 g/mol. The van der Waals surface area contributed by atoms with E-state index in [1.807, 2.05) is 6.92 Å². The van der Waals surface area contributed by atoms with Crippen LogP contribution >= 0.6 is 11.6 Å². The standard InChI is InChI=1S/C10H13ClN4O/c1-3-15-9(7(11)6-13-15)10(16)8-4-5-12-14(8)2/h4-6,10,16H,3H2,1-2H3. The summed E-state index contributed by atoms with van der Waals surface area (Å²) in [7, 11) is 1.78. The maximum Gasteiger partial charge on any atom is 0.139 e. The topological polar surface area (TPSA) is 55.9 Å². The quantitative estimate of drug-likeness (QED) is 0.882. The van der Waals surface area contributed by atoms with Crippen LogP contribution in [0.25, 0.3) is 0 Å². The maximum absolute atomic E-state index is 10.2. The zero-order valence-corrected chi connectivity index (χ0v) is 9.89. The van der Waals surface area contributed by atoms with Crippen LogP contribution in [0.1, 0.15) is 24.4 Å². The number of aliphatic hydroxyl groups excluding tert-OH is 1. The van der Waals surface area contributed by atoms with E-state index in [0.717, 1.165) is 0 Å². The molecule has 2 aromatic heterocycles. The fourth-order valence-electron chi connectivity index (χ4n) is 1.69. The normalized spacial score (nSPS) is 13.0. The summed E-state index contributed by atoms with van der Waals surface area (Å²) in [4.78, 5) is 0. The van der Waals surface area contributed by atoms with E-state index in [1.165, 1.54) is 0 Å². The van der Waals surface area contributed by atoms with E-state index in [0.29, 0.717) is 23.0 Å². The molecular formula is C10H13ClN4O. The summed E-state index contributed by atoms with van der Waals surface area (Å²) < 4.78 is 3.30. The third-order valence-electron chi connectivity index (χ3n) is 2.53. The lowest BCUT2D eigenvalue weighted by Crippen LogP contribution is -2.12. The van der Waals surface area contributed by atoms with Crippen molar-refractivity contribution in [2.75, 3.05) is 0 Å². The second-order valence-corrected chi connectivity index (χ2v) is 3.88. The first kappa shape index (κ1) is 11.2. The Labute approximate surface area is 98.3 Å². The number of aliphatic hydroxyl groups is 1. The number of aromatic nitrogens is 4. The molecule has 0 spiro atoms. The van der Waals surface area contributed by atoms with Crippen molar-refractivity contribution >= 4 is 11.6 Å². The van der Waals surface area contributed by atoms with E-state index in [2.05, 4.69) is 10.2 Å². The predicted octanol–water partition coefficient (Wildman–Crippen LogP) is 1.37. The molecule has 16 heavy (non-hydrogen) atoms. The predicted molar refractivity (Wildman–Crippen MR) is 60.2 cm³/mol.